The van der Waals surface area contributed by atoms with Crippen LogP contribution in [0.3, 0.4) is 0 Å². The van der Waals surface area contributed by atoms with Gasteiger partial charge in [-0.1, -0.05) is 0 Å². The minimum absolute atomic E-state index is 0.250. The Hall–Kier alpha value is -0.990. The lowest BCUT2D eigenvalue weighted by Crippen LogP contribution is -2.05. The number of carbonyl (C=O) groups excluding carboxylic acids is 1. The zero-order valence-corrected chi connectivity index (χ0v) is 5.92. The molecule has 3 nitrogen and oxygen atoms in total. The van der Waals surface area contributed by atoms with Crippen LogP contribution in [0.25, 0.3) is 0 Å². The van der Waals surface area contributed by atoms with Gasteiger partial charge < -0.3 is 9.47 Å². The number of ether oxygens (including phenoxy) is 2. The van der Waals surface area contributed by atoms with Crippen LogP contribution in [-0.2, 0) is 14.3 Å². The first-order valence-corrected chi connectivity index (χ1v) is 3.32. The van der Waals surface area contributed by atoms with Gasteiger partial charge in [0.25, 0.3) is 0 Å². The Bertz CT molecular complexity index is 160. The highest BCUT2D eigenvalue weighted by Gasteiger charge is 2.14. The van der Waals surface area contributed by atoms with Crippen molar-refractivity contribution >= 4 is 5.97 Å². The van der Waals surface area contributed by atoms with E-state index in [1.165, 1.54) is 6.26 Å². The van der Waals surface area contributed by atoms with Crippen molar-refractivity contribution in [2.75, 3.05) is 13.2 Å². The summed E-state index contributed by atoms with van der Waals surface area (Å²) in [4.78, 5) is 10.9. The molecule has 0 bridgehead atoms. The summed E-state index contributed by atoms with van der Waals surface area (Å²) in [7, 11) is 0. The molecule has 0 aromatic carbocycles. The molecule has 0 radical (unpaired) electrons. The maximum absolute atomic E-state index is 10.9. The monoisotopic (exact) mass is 142 g/mol. The third-order valence-corrected chi connectivity index (χ3v) is 1.25. The van der Waals surface area contributed by atoms with Gasteiger partial charge in [0.15, 0.2) is 0 Å². The Labute approximate surface area is 59.6 Å². The zero-order valence-electron chi connectivity index (χ0n) is 5.92. The summed E-state index contributed by atoms with van der Waals surface area (Å²) in [5.74, 6) is -0.250. The molecule has 0 saturated carbocycles. The SMILES string of the molecule is CCOC(=O)C1=COCC1. The molecule has 0 aromatic rings. The van der Waals surface area contributed by atoms with Gasteiger partial charge in [0.05, 0.1) is 25.0 Å². The quantitative estimate of drug-likeness (QED) is 0.536. The molecule has 3 heteroatoms. The van der Waals surface area contributed by atoms with Gasteiger partial charge in [-0.3, -0.25) is 0 Å². The van der Waals surface area contributed by atoms with Crippen LogP contribution >= 0.6 is 0 Å². The molecule has 1 heterocycles. The van der Waals surface area contributed by atoms with Crippen LogP contribution in [0.1, 0.15) is 13.3 Å². The minimum atomic E-state index is -0.250. The van der Waals surface area contributed by atoms with Crippen molar-refractivity contribution in [1.82, 2.24) is 0 Å². The van der Waals surface area contributed by atoms with Crippen LogP contribution < -0.4 is 0 Å². The first-order chi connectivity index (χ1) is 4.84. The predicted molar refractivity (Wildman–Crippen MR) is 35.3 cm³/mol. The van der Waals surface area contributed by atoms with Crippen LogP contribution in [0.15, 0.2) is 11.8 Å². The first kappa shape index (κ1) is 7.12. The van der Waals surface area contributed by atoms with Crippen molar-refractivity contribution in [2.24, 2.45) is 0 Å². The summed E-state index contributed by atoms with van der Waals surface area (Å²) in [6.07, 6.45) is 2.15. The van der Waals surface area contributed by atoms with Gasteiger partial charge in [-0.15, -0.1) is 0 Å². The average molecular weight is 142 g/mol. The van der Waals surface area contributed by atoms with Gasteiger partial charge in [-0.2, -0.15) is 0 Å². The van der Waals surface area contributed by atoms with Crippen molar-refractivity contribution in [2.45, 2.75) is 13.3 Å². The van der Waals surface area contributed by atoms with Gasteiger partial charge in [0.2, 0.25) is 0 Å². The molecule has 1 rings (SSSR count). The van der Waals surface area contributed by atoms with Crippen LogP contribution in [0, 0.1) is 0 Å². The van der Waals surface area contributed by atoms with E-state index in [0.29, 0.717) is 25.2 Å². The molecule has 0 aromatic heterocycles. The number of esters is 1. The van der Waals surface area contributed by atoms with Gasteiger partial charge in [-0.05, 0) is 6.92 Å². The van der Waals surface area contributed by atoms with Gasteiger partial charge >= 0.3 is 5.97 Å². The second-order valence-corrected chi connectivity index (χ2v) is 1.98. The summed E-state index contributed by atoms with van der Waals surface area (Å²) in [5.41, 5.74) is 0.641. The van der Waals surface area contributed by atoms with E-state index in [9.17, 15) is 4.79 Å². The van der Waals surface area contributed by atoms with Crippen molar-refractivity contribution in [3.8, 4) is 0 Å². The van der Waals surface area contributed by atoms with Gasteiger partial charge in [0.1, 0.15) is 0 Å². The molecule has 0 spiro atoms. The van der Waals surface area contributed by atoms with Crippen molar-refractivity contribution < 1.29 is 14.3 Å². The lowest BCUT2D eigenvalue weighted by atomic mass is 10.2. The van der Waals surface area contributed by atoms with Gasteiger partial charge in [-0.25, -0.2) is 4.79 Å². The highest BCUT2D eigenvalue weighted by atomic mass is 16.5. The second kappa shape index (κ2) is 3.25. The number of hydrogen-bond acceptors (Lipinski definition) is 3. The molecule has 0 atom stereocenters. The first-order valence-electron chi connectivity index (χ1n) is 3.32. The van der Waals surface area contributed by atoms with E-state index >= 15 is 0 Å². The van der Waals surface area contributed by atoms with Crippen molar-refractivity contribution in [1.29, 1.82) is 0 Å². The molecule has 0 fully saturated rings. The fraction of sp³-hybridized carbons (Fsp3) is 0.571. The highest BCUT2D eigenvalue weighted by Crippen LogP contribution is 2.11. The van der Waals surface area contributed by atoms with E-state index in [4.69, 9.17) is 9.47 Å². The molecule has 10 heavy (non-hydrogen) atoms. The summed E-state index contributed by atoms with van der Waals surface area (Å²) in [6, 6.07) is 0. The Morgan fingerprint density at radius 1 is 1.90 bits per heavy atom. The third-order valence-electron chi connectivity index (χ3n) is 1.25. The molecular formula is C7H10O3. The van der Waals surface area contributed by atoms with Crippen LogP contribution in [0.5, 0.6) is 0 Å². The Kier molecular flexibility index (Phi) is 2.31. The summed E-state index contributed by atoms with van der Waals surface area (Å²) >= 11 is 0. The van der Waals surface area contributed by atoms with Crippen LogP contribution in [0.4, 0.5) is 0 Å². The fourth-order valence-corrected chi connectivity index (χ4v) is 0.761. The molecule has 1 aliphatic rings. The molecule has 0 N–H and O–H groups in total. The number of carbonyl (C=O) groups is 1. The number of hydrogen-bond donors (Lipinski definition) is 0. The molecule has 0 unspecified atom stereocenters. The molecule has 1 aliphatic heterocycles. The summed E-state index contributed by atoms with van der Waals surface area (Å²) in [5, 5.41) is 0. The maximum Gasteiger partial charge on any atom is 0.337 e. The predicted octanol–water partition coefficient (Wildman–Crippen LogP) is 0.854. The molecule has 0 aliphatic carbocycles. The molecule has 56 valence electrons. The van der Waals surface area contributed by atoms with E-state index in [0.717, 1.165) is 0 Å². The maximum atomic E-state index is 10.9. The van der Waals surface area contributed by atoms with E-state index in [1.54, 1.807) is 6.92 Å². The number of rotatable bonds is 2. The zero-order chi connectivity index (χ0) is 7.40. The second-order valence-electron chi connectivity index (χ2n) is 1.98. The Balaban J connectivity index is 2.40. The largest absolute Gasteiger partial charge is 0.500 e. The van der Waals surface area contributed by atoms with Crippen molar-refractivity contribution in [3.63, 3.8) is 0 Å². The average Bonchev–Trinajstić information content (AvgIpc) is 2.38. The minimum Gasteiger partial charge on any atom is -0.500 e. The molecule has 0 amide bonds. The lowest BCUT2D eigenvalue weighted by Gasteiger charge is -1.98. The Morgan fingerprint density at radius 3 is 3.20 bits per heavy atom. The van der Waals surface area contributed by atoms with E-state index < -0.39 is 0 Å². The topological polar surface area (TPSA) is 35.5 Å². The molecule has 0 saturated heterocycles. The van der Waals surface area contributed by atoms with Gasteiger partial charge in [0, 0.05) is 6.42 Å². The van der Waals surface area contributed by atoms with Crippen molar-refractivity contribution in [3.05, 3.63) is 11.8 Å². The normalized spacial score (nSPS) is 15.9. The lowest BCUT2D eigenvalue weighted by molar-refractivity contribution is -0.138. The molecular weight excluding hydrogens is 132 g/mol. The van der Waals surface area contributed by atoms with E-state index in [1.807, 2.05) is 0 Å². The van der Waals surface area contributed by atoms with Crippen LogP contribution in [0.2, 0.25) is 0 Å². The summed E-state index contributed by atoms with van der Waals surface area (Å²) < 4.78 is 9.60. The fourth-order valence-electron chi connectivity index (χ4n) is 0.761. The van der Waals surface area contributed by atoms with Crippen LogP contribution in [-0.4, -0.2) is 19.2 Å². The smallest absolute Gasteiger partial charge is 0.337 e. The third kappa shape index (κ3) is 1.50. The summed E-state index contributed by atoms with van der Waals surface area (Å²) in [6.45, 7) is 2.82. The Morgan fingerprint density at radius 2 is 2.70 bits per heavy atom. The van der Waals surface area contributed by atoms with E-state index in [2.05, 4.69) is 0 Å². The standard InChI is InChI=1S/C7H10O3/c1-2-10-7(8)6-3-4-9-5-6/h5H,2-4H2,1H3. The van der Waals surface area contributed by atoms with E-state index in [-0.39, 0.29) is 5.97 Å². The highest BCUT2D eigenvalue weighted by molar-refractivity contribution is 5.88.